The topological polar surface area (TPSA) is 70.2 Å². The number of urea groups is 1. The van der Waals surface area contributed by atoms with Gasteiger partial charge in [-0.15, -0.1) is 0 Å². The lowest BCUT2D eigenvalue weighted by molar-refractivity contribution is 0.102. The molecule has 3 rings (SSSR count). The highest BCUT2D eigenvalue weighted by atomic mass is 16.2. The van der Waals surface area contributed by atoms with E-state index in [1.54, 1.807) is 36.4 Å². The molecule has 136 valence electrons. The summed E-state index contributed by atoms with van der Waals surface area (Å²) in [5.41, 5.74) is 3.76. The van der Waals surface area contributed by atoms with Crippen LogP contribution in [-0.2, 0) is 6.42 Å². The molecule has 0 unspecified atom stereocenters. The number of amides is 3. The number of para-hydroxylation sites is 1. The van der Waals surface area contributed by atoms with Crippen molar-refractivity contribution in [3.05, 3.63) is 90.0 Å². The second kappa shape index (κ2) is 8.67. The van der Waals surface area contributed by atoms with Gasteiger partial charge in [0.2, 0.25) is 0 Å². The lowest BCUT2D eigenvalue weighted by Crippen LogP contribution is -2.19. The van der Waals surface area contributed by atoms with Crippen LogP contribution in [0.1, 0.15) is 22.8 Å². The van der Waals surface area contributed by atoms with Gasteiger partial charge in [-0.3, -0.25) is 4.79 Å². The zero-order valence-corrected chi connectivity index (χ0v) is 15.0. The Morgan fingerprint density at radius 1 is 0.704 bits per heavy atom. The Morgan fingerprint density at radius 2 is 1.33 bits per heavy atom. The summed E-state index contributed by atoms with van der Waals surface area (Å²) >= 11 is 0. The van der Waals surface area contributed by atoms with Crippen molar-refractivity contribution in [2.75, 3.05) is 16.0 Å². The number of rotatable bonds is 5. The van der Waals surface area contributed by atoms with E-state index in [2.05, 4.69) is 22.9 Å². The molecule has 3 aromatic carbocycles. The maximum atomic E-state index is 12.4. The molecule has 0 atom stereocenters. The molecule has 0 fully saturated rings. The number of hydrogen-bond acceptors (Lipinski definition) is 2. The van der Waals surface area contributed by atoms with Crippen LogP contribution in [0.4, 0.5) is 21.9 Å². The van der Waals surface area contributed by atoms with Crippen LogP contribution < -0.4 is 16.0 Å². The maximum Gasteiger partial charge on any atom is 0.323 e. The van der Waals surface area contributed by atoms with E-state index in [4.69, 9.17) is 0 Å². The molecule has 0 spiro atoms. The van der Waals surface area contributed by atoms with Crippen molar-refractivity contribution in [3.8, 4) is 0 Å². The molecule has 0 aliphatic carbocycles. The van der Waals surface area contributed by atoms with Crippen LogP contribution in [-0.4, -0.2) is 11.9 Å². The fraction of sp³-hybridized carbons (Fsp3) is 0.0909. The summed E-state index contributed by atoms with van der Waals surface area (Å²) in [6, 6.07) is 23.4. The van der Waals surface area contributed by atoms with Crippen molar-refractivity contribution in [2.45, 2.75) is 13.3 Å². The molecule has 27 heavy (non-hydrogen) atoms. The molecule has 0 heterocycles. The Balaban J connectivity index is 1.59. The highest BCUT2D eigenvalue weighted by Crippen LogP contribution is 2.15. The zero-order valence-electron chi connectivity index (χ0n) is 15.0. The Morgan fingerprint density at radius 3 is 2.00 bits per heavy atom. The minimum Gasteiger partial charge on any atom is -0.322 e. The zero-order chi connectivity index (χ0) is 19.1. The lowest BCUT2D eigenvalue weighted by atomic mass is 10.1. The van der Waals surface area contributed by atoms with E-state index in [1.165, 1.54) is 0 Å². The summed E-state index contributed by atoms with van der Waals surface area (Å²) in [7, 11) is 0. The summed E-state index contributed by atoms with van der Waals surface area (Å²) in [5, 5.41) is 8.37. The molecule has 3 aromatic rings. The average Bonchev–Trinajstić information content (AvgIpc) is 2.69. The maximum absolute atomic E-state index is 12.4. The standard InChI is InChI=1S/C22H21N3O2/c1-2-16-7-6-10-20(15-16)23-21(26)17-11-13-19(14-12-17)25-22(27)24-18-8-4-3-5-9-18/h3-15H,2H2,1H3,(H,23,26)(H2,24,25,27). The smallest absolute Gasteiger partial charge is 0.322 e. The van der Waals surface area contributed by atoms with Gasteiger partial charge in [-0.2, -0.15) is 0 Å². The van der Waals surface area contributed by atoms with Crippen LogP contribution >= 0.6 is 0 Å². The first kappa shape index (κ1) is 18.2. The molecule has 5 nitrogen and oxygen atoms in total. The van der Waals surface area contributed by atoms with Gasteiger partial charge in [0.15, 0.2) is 0 Å². The molecule has 3 amide bonds. The Labute approximate surface area is 158 Å². The van der Waals surface area contributed by atoms with Gasteiger partial charge in [-0.05, 0) is 60.5 Å². The molecule has 0 aromatic heterocycles. The normalized spacial score (nSPS) is 10.1. The second-order valence-corrected chi connectivity index (χ2v) is 6.03. The average molecular weight is 359 g/mol. The molecular weight excluding hydrogens is 338 g/mol. The molecule has 0 saturated heterocycles. The van der Waals surface area contributed by atoms with Crippen molar-refractivity contribution in [2.24, 2.45) is 0 Å². The first-order chi connectivity index (χ1) is 13.1. The summed E-state index contributed by atoms with van der Waals surface area (Å²) in [6.45, 7) is 2.07. The van der Waals surface area contributed by atoms with Crippen LogP contribution in [0.2, 0.25) is 0 Å². The number of anilines is 3. The number of nitrogens with one attached hydrogen (secondary N) is 3. The third kappa shape index (κ3) is 5.19. The van der Waals surface area contributed by atoms with Crippen molar-refractivity contribution in [1.29, 1.82) is 0 Å². The van der Waals surface area contributed by atoms with Crippen LogP contribution in [0.3, 0.4) is 0 Å². The largest absolute Gasteiger partial charge is 0.323 e. The van der Waals surface area contributed by atoms with Crippen LogP contribution in [0.15, 0.2) is 78.9 Å². The minimum absolute atomic E-state index is 0.191. The first-order valence-electron chi connectivity index (χ1n) is 8.77. The van der Waals surface area contributed by atoms with Gasteiger partial charge in [0.1, 0.15) is 0 Å². The van der Waals surface area contributed by atoms with Gasteiger partial charge in [-0.25, -0.2) is 4.79 Å². The van der Waals surface area contributed by atoms with Crippen molar-refractivity contribution in [3.63, 3.8) is 0 Å². The highest BCUT2D eigenvalue weighted by molar-refractivity contribution is 6.05. The summed E-state index contributed by atoms with van der Waals surface area (Å²) in [4.78, 5) is 24.4. The van der Waals surface area contributed by atoms with Gasteiger partial charge < -0.3 is 16.0 Å². The third-order valence-corrected chi connectivity index (χ3v) is 4.03. The van der Waals surface area contributed by atoms with E-state index in [-0.39, 0.29) is 11.9 Å². The summed E-state index contributed by atoms with van der Waals surface area (Å²) < 4.78 is 0. The predicted octanol–water partition coefficient (Wildman–Crippen LogP) is 5.15. The van der Waals surface area contributed by atoms with Gasteiger partial charge in [0.25, 0.3) is 5.91 Å². The van der Waals surface area contributed by atoms with E-state index >= 15 is 0 Å². The Bertz CT molecular complexity index is 922. The van der Waals surface area contributed by atoms with Crippen molar-refractivity contribution >= 4 is 29.0 Å². The molecule has 0 radical (unpaired) electrons. The van der Waals surface area contributed by atoms with E-state index in [1.807, 2.05) is 42.5 Å². The summed E-state index contributed by atoms with van der Waals surface area (Å²) in [6.07, 6.45) is 0.912. The number of hydrogen-bond donors (Lipinski definition) is 3. The van der Waals surface area contributed by atoms with E-state index in [0.29, 0.717) is 16.9 Å². The lowest BCUT2D eigenvalue weighted by Gasteiger charge is -2.09. The number of carbonyl (C=O) groups is 2. The second-order valence-electron chi connectivity index (χ2n) is 6.03. The first-order valence-corrected chi connectivity index (χ1v) is 8.77. The quantitative estimate of drug-likeness (QED) is 0.590. The van der Waals surface area contributed by atoms with E-state index in [9.17, 15) is 9.59 Å². The Hall–Kier alpha value is -3.60. The SMILES string of the molecule is CCc1cccc(NC(=O)c2ccc(NC(=O)Nc3ccccc3)cc2)c1. The van der Waals surface area contributed by atoms with Gasteiger partial charge in [0, 0.05) is 22.6 Å². The molecular formula is C22H21N3O2. The molecule has 0 aliphatic heterocycles. The van der Waals surface area contributed by atoms with E-state index < -0.39 is 0 Å². The molecule has 5 heteroatoms. The highest BCUT2D eigenvalue weighted by Gasteiger charge is 2.08. The fourth-order valence-corrected chi connectivity index (χ4v) is 2.59. The number of aryl methyl sites for hydroxylation is 1. The van der Waals surface area contributed by atoms with Crippen molar-refractivity contribution in [1.82, 2.24) is 0 Å². The fourth-order valence-electron chi connectivity index (χ4n) is 2.59. The van der Waals surface area contributed by atoms with Crippen LogP contribution in [0.5, 0.6) is 0 Å². The molecule has 0 bridgehead atoms. The Kier molecular flexibility index (Phi) is 5.84. The van der Waals surface area contributed by atoms with E-state index in [0.717, 1.165) is 17.7 Å². The molecule has 0 aliphatic rings. The minimum atomic E-state index is -0.338. The van der Waals surface area contributed by atoms with Crippen LogP contribution in [0.25, 0.3) is 0 Å². The van der Waals surface area contributed by atoms with Gasteiger partial charge in [-0.1, -0.05) is 37.3 Å². The third-order valence-electron chi connectivity index (χ3n) is 4.03. The van der Waals surface area contributed by atoms with Crippen molar-refractivity contribution < 1.29 is 9.59 Å². The van der Waals surface area contributed by atoms with Gasteiger partial charge >= 0.3 is 6.03 Å². The molecule has 3 N–H and O–H groups in total. The number of carbonyl (C=O) groups excluding carboxylic acids is 2. The monoisotopic (exact) mass is 359 g/mol. The number of benzene rings is 3. The van der Waals surface area contributed by atoms with Gasteiger partial charge in [0.05, 0.1) is 0 Å². The van der Waals surface area contributed by atoms with Crippen LogP contribution in [0, 0.1) is 0 Å². The predicted molar refractivity (Wildman–Crippen MR) is 109 cm³/mol. The summed E-state index contributed by atoms with van der Waals surface area (Å²) in [5.74, 6) is -0.191. The molecule has 0 saturated carbocycles.